The first-order chi connectivity index (χ1) is 14.5. The minimum Gasteiger partial charge on any atom is -0.497 e. The average Bonchev–Trinajstić information content (AvgIpc) is 2.75. The van der Waals surface area contributed by atoms with Gasteiger partial charge in [-0.05, 0) is 30.3 Å². The molecule has 8 nitrogen and oxygen atoms in total. The number of benzene rings is 2. The van der Waals surface area contributed by atoms with E-state index in [4.69, 9.17) is 14.2 Å². The minimum absolute atomic E-state index is 0.191. The first kappa shape index (κ1) is 19.4. The second kappa shape index (κ2) is 8.24. The summed E-state index contributed by atoms with van der Waals surface area (Å²) in [5.41, 5.74) is 0.429. The number of methoxy groups -OCH3 is 1. The second-order valence-corrected chi connectivity index (χ2v) is 6.47. The summed E-state index contributed by atoms with van der Waals surface area (Å²) in [6.07, 6.45) is 0. The molecule has 9 heteroatoms. The third kappa shape index (κ3) is 4.09. The van der Waals surface area contributed by atoms with Gasteiger partial charge in [0.1, 0.15) is 31.3 Å². The maximum Gasteiger partial charge on any atom is 0.267 e. The van der Waals surface area contributed by atoms with Crippen molar-refractivity contribution in [3.05, 3.63) is 64.7 Å². The Labute approximate surface area is 170 Å². The van der Waals surface area contributed by atoms with Gasteiger partial charge in [-0.15, -0.1) is 0 Å². The Hall–Kier alpha value is -3.88. The molecule has 1 amide bonds. The van der Waals surface area contributed by atoms with Crippen LogP contribution in [0.4, 0.5) is 10.1 Å². The predicted octanol–water partition coefficient (Wildman–Crippen LogP) is 2.47. The van der Waals surface area contributed by atoms with Gasteiger partial charge in [0, 0.05) is 29.4 Å². The first-order valence-corrected chi connectivity index (χ1v) is 9.15. The van der Waals surface area contributed by atoms with Crippen molar-refractivity contribution < 1.29 is 23.4 Å². The van der Waals surface area contributed by atoms with E-state index in [1.165, 1.54) is 31.4 Å². The van der Waals surface area contributed by atoms with Crippen LogP contribution < -0.4 is 25.1 Å². The van der Waals surface area contributed by atoms with Gasteiger partial charge in [-0.3, -0.25) is 9.59 Å². The Balaban J connectivity index is 1.52. The lowest BCUT2D eigenvalue weighted by Gasteiger charge is -2.19. The molecule has 0 fully saturated rings. The van der Waals surface area contributed by atoms with E-state index >= 15 is 0 Å². The van der Waals surface area contributed by atoms with Gasteiger partial charge in [0.25, 0.3) is 5.56 Å². The summed E-state index contributed by atoms with van der Waals surface area (Å²) in [5, 5.41) is 6.82. The van der Waals surface area contributed by atoms with Crippen LogP contribution >= 0.6 is 0 Å². The molecular formula is C21H18FN3O5. The third-order valence-electron chi connectivity index (χ3n) is 4.44. The smallest absolute Gasteiger partial charge is 0.267 e. The van der Waals surface area contributed by atoms with E-state index < -0.39 is 17.3 Å². The lowest BCUT2D eigenvalue weighted by molar-refractivity contribution is -0.117. The molecule has 0 radical (unpaired) electrons. The number of anilines is 1. The molecule has 1 aliphatic rings. The van der Waals surface area contributed by atoms with Gasteiger partial charge in [0.15, 0.2) is 11.5 Å². The largest absolute Gasteiger partial charge is 0.497 e. The number of fused-ring (bicyclic) bond motifs is 1. The molecule has 0 spiro atoms. The van der Waals surface area contributed by atoms with Crippen molar-refractivity contribution in [3.8, 4) is 28.5 Å². The van der Waals surface area contributed by atoms with Crippen molar-refractivity contribution in [1.29, 1.82) is 0 Å². The Morgan fingerprint density at radius 2 is 1.93 bits per heavy atom. The topological polar surface area (TPSA) is 91.7 Å². The molecule has 4 rings (SSSR count). The molecule has 2 heterocycles. The number of nitrogens with one attached hydrogen (secondary N) is 1. The highest BCUT2D eigenvalue weighted by Gasteiger charge is 2.15. The van der Waals surface area contributed by atoms with Crippen LogP contribution in [0.15, 0.2) is 53.3 Å². The first-order valence-electron chi connectivity index (χ1n) is 9.15. The number of rotatable bonds is 5. The molecule has 3 aromatic rings. The van der Waals surface area contributed by atoms with E-state index in [-0.39, 0.29) is 17.8 Å². The molecule has 1 aliphatic heterocycles. The summed E-state index contributed by atoms with van der Waals surface area (Å²) >= 11 is 0. The van der Waals surface area contributed by atoms with Crippen LogP contribution in [-0.2, 0) is 11.3 Å². The Morgan fingerprint density at radius 1 is 1.13 bits per heavy atom. The summed E-state index contributed by atoms with van der Waals surface area (Å²) in [6, 6.07) is 12.0. The normalized spacial score (nSPS) is 12.3. The number of carbonyl (C=O) groups is 1. The van der Waals surface area contributed by atoms with E-state index in [9.17, 15) is 14.0 Å². The summed E-state index contributed by atoms with van der Waals surface area (Å²) in [7, 11) is 1.44. The van der Waals surface area contributed by atoms with Crippen LogP contribution in [0.2, 0.25) is 0 Å². The van der Waals surface area contributed by atoms with Crippen molar-refractivity contribution in [2.45, 2.75) is 6.54 Å². The molecule has 1 N–H and O–H groups in total. The van der Waals surface area contributed by atoms with Crippen molar-refractivity contribution in [2.24, 2.45) is 0 Å². The van der Waals surface area contributed by atoms with Crippen LogP contribution in [-0.4, -0.2) is 36.0 Å². The molecule has 30 heavy (non-hydrogen) atoms. The fraction of sp³-hybridized carbons (Fsp3) is 0.190. The van der Waals surface area contributed by atoms with E-state index in [0.29, 0.717) is 36.1 Å². The van der Waals surface area contributed by atoms with Gasteiger partial charge in [0.2, 0.25) is 5.91 Å². The summed E-state index contributed by atoms with van der Waals surface area (Å²) in [4.78, 5) is 24.6. The number of ether oxygens (including phenoxy) is 3. The van der Waals surface area contributed by atoms with Crippen molar-refractivity contribution in [3.63, 3.8) is 0 Å². The molecule has 1 aromatic heterocycles. The second-order valence-electron chi connectivity index (χ2n) is 6.47. The summed E-state index contributed by atoms with van der Waals surface area (Å²) in [6.45, 7) is 0.565. The van der Waals surface area contributed by atoms with Crippen molar-refractivity contribution in [2.75, 3.05) is 25.6 Å². The number of halogens is 1. The zero-order valence-electron chi connectivity index (χ0n) is 16.1. The highest BCUT2D eigenvalue weighted by Crippen LogP contribution is 2.32. The zero-order valence-corrected chi connectivity index (χ0v) is 16.1. The van der Waals surface area contributed by atoms with E-state index in [2.05, 4.69) is 10.4 Å². The van der Waals surface area contributed by atoms with Crippen LogP contribution in [0.25, 0.3) is 11.3 Å². The van der Waals surface area contributed by atoms with E-state index in [0.717, 1.165) is 4.68 Å². The standard InChI is InChI=1S/C21H18FN3O5/c1-28-14-3-4-15(16(22)11-14)17-5-7-21(27)25(24-17)12-20(26)23-13-2-6-18-19(10-13)30-9-8-29-18/h2-7,10-11H,8-9,12H2,1H3,(H,23,26). The molecule has 154 valence electrons. The van der Waals surface area contributed by atoms with Gasteiger partial charge in [-0.2, -0.15) is 5.10 Å². The monoisotopic (exact) mass is 411 g/mol. The average molecular weight is 411 g/mol. The minimum atomic E-state index is -0.548. The third-order valence-corrected chi connectivity index (χ3v) is 4.44. The van der Waals surface area contributed by atoms with Gasteiger partial charge in [0.05, 0.1) is 12.8 Å². The van der Waals surface area contributed by atoms with Gasteiger partial charge < -0.3 is 19.5 Å². The Kier molecular flexibility index (Phi) is 5.34. The number of amides is 1. The molecule has 2 aromatic carbocycles. The molecule has 0 saturated carbocycles. The fourth-order valence-electron chi connectivity index (χ4n) is 2.99. The number of carbonyl (C=O) groups excluding carboxylic acids is 1. The fourth-order valence-corrected chi connectivity index (χ4v) is 2.99. The van der Waals surface area contributed by atoms with Crippen molar-refractivity contribution in [1.82, 2.24) is 9.78 Å². The molecule has 0 bridgehead atoms. The van der Waals surface area contributed by atoms with Crippen LogP contribution in [0.1, 0.15) is 0 Å². The molecular weight excluding hydrogens is 393 g/mol. The van der Waals surface area contributed by atoms with Gasteiger partial charge in [-0.25, -0.2) is 9.07 Å². The SMILES string of the molecule is COc1ccc(-c2ccc(=O)n(CC(=O)Nc3ccc4c(c3)OCCO4)n2)c(F)c1. The Bertz CT molecular complexity index is 1160. The lowest BCUT2D eigenvalue weighted by Crippen LogP contribution is -2.29. The summed E-state index contributed by atoms with van der Waals surface area (Å²) in [5.74, 6) is 0.488. The highest BCUT2D eigenvalue weighted by molar-refractivity contribution is 5.90. The Morgan fingerprint density at radius 3 is 2.70 bits per heavy atom. The van der Waals surface area contributed by atoms with Crippen LogP contribution in [0.5, 0.6) is 17.2 Å². The van der Waals surface area contributed by atoms with Gasteiger partial charge in [-0.1, -0.05) is 0 Å². The summed E-state index contributed by atoms with van der Waals surface area (Å²) < 4.78 is 31.2. The molecule has 0 unspecified atom stereocenters. The number of nitrogens with zero attached hydrogens (tertiary/aromatic N) is 2. The number of aromatic nitrogens is 2. The van der Waals surface area contributed by atoms with Gasteiger partial charge >= 0.3 is 0 Å². The van der Waals surface area contributed by atoms with E-state index in [1.807, 2.05) is 0 Å². The maximum absolute atomic E-state index is 14.3. The maximum atomic E-state index is 14.3. The molecule has 0 atom stereocenters. The van der Waals surface area contributed by atoms with Crippen LogP contribution in [0, 0.1) is 5.82 Å². The zero-order chi connectivity index (χ0) is 21.1. The van der Waals surface area contributed by atoms with Crippen LogP contribution in [0.3, 0.4) is 0 Å². The lowest BCUT2D eigenvalue weighted by atomic mass is 10.1. The molecule has 0 aliphatic carbocycles. The number of hydrogen-bond acceptors (Lipinski definition) is 6. The highest BCUT2D eigenvalue weighted by atomic mass is 19.1. The quantitative estimate of drug-likeness (QED) is 0.694. The predicted molar refractivity (Wildman–Crippen MR) is 107 cm³/mol. The van der Waals surface area contributed by atoms with E-state index in [1.54, 1.807) is 24.3 Å². The van der Waals surface area contributed by atoms with Crippen molar-refractivity contribution >= 4 is 11.6 Å². The molecule has 0 saturated heterocycles. The number of hydrogen-bond donors (Lipinski definition) is 1.